The minimum atomic E-state index is -5.15. The van der Waals surface area contributed by atoms with Crippen molar-refractivity contribution in [3.8, 4) is 5.75 Å². The zero-order chi connectivity index (χ0) is 19.6. The van der Waals surface area contributed by atoms with Crippen molar-refractivity contribution >= 4 is 10.8 Å². The Kier molecular flexibility index (Phi) is 5.92. The number of benzene rings is 2. The molecule has 2 aromatic rings. The molecule has 1 saturated carbocycles. The molecule has 0 aliphatic heterocycles. The van der Waals surface area contributed by atoms with Gasteiger partial charge in [-0.05, 0) is 54.5 Å². The molecule has 1 fully saturated rings. The number of halogens is 5. The number of ether oxygens (including phenoxy) is 1. The van der Waals surface area contributed by atoms with E-state index in [4.69, 9.17) is 0 Å². The number of rotatable bonds is 5. The Hall–Kier alpha value is -1.85. The van der Waals surface area contributed by atoms with E-state index < -0.39 is 23.7 Å². The molecule has 148 valence electrons. The highest BCUT2D eigenvalue weighted by molar-refractivity contribution is 5.85. The highest BCUT2D eigenvalue weighted by Gasteiger charge is 2.34. The molecular weight excluding hydrogens is 363 g/mol. The van der Waals surface area contributed by atoms with Gasteiger partial charge in [0.15, 0.2) is 11.6 Å². The topological polar surface area (TPSA) is 9.23 Å². The minimum Gasteiger partial charge on any atom is -0.399 e. The highest BCUT2D eigenvalue weighted by atomic mass is 19.4. The summed E-state index contributed by atoms with van der Waals surface area (Å²) in [4.78, 5) is 0. The maximum atomic E-state index is 14.3. The van der Waals surface area contributed by atoms with E-state index in [1.54, 1.807) is 12.1 Å². The Balaban J connectivity index is 1.81. The van der Waals surface area contributed by atoms with E-state index in [1.807, 2.05) is 0 Å². The van der Waals surface area contributed by atoms with Crippen LogP contribution in [0.25, 0.3) is 10.8 Å². The van der Waals surface area contributed by atoms with Crippen LogP contribution in [0.3, 0.4) is 0 Å². The van der Waals surface area contributed by atoms with Gasteiger partial charge in [0.05, 0.1) is 0 Å². The lowest BCUT2D eigenvalue weighted by Gasteiger charge is -2.29. The zero-order valence-corrected chi connectivity index (χ0v) is 15.2. The average Bonchev–Trinajstić information content (AvgIpc) is 2.62. The van der Waals surface area contributed by atoms with Gasteiger partial charge in [0.1, 0.15) is 0 Å². The first-order valence-corrected chi connectivity index (χ1v) is 9.46. The van der Waals surface area contributed by atoms with Gasteiger partial charge in [-0.15, -0.1) is 13.2 Å². The van der Waals surface area contributed by atoms with E-state index in [2.05, 4.69) is 11.7 Å². The molecule has 0 atom stereocenters. The van der Waals surface area contributed by atoms with E-state index in [9.17, 15) is 22.0 Å². The van der Waals surface area contributed by atoms with Gasteiger partial charge in [-0.2, -0.15) is 0 Å². The number of hydrogen-bond donors (Lipinski definition) is 0. The molecule has 0 N–H and O–H groups in total. The normalized spacial score (nSPS) is 20.8. The third-order valence-electron chi connectivity index (χ3n) is 5.51. The maximum Gasteiger partial charge on any atom is 0.573 e. The van der Waals surface area contributed by atoms with Gasteiger partial charge in [-0.1, -0.05) is 44.4 Å². The van der Waals surface area contributed by atoms with E-state index in [0.717, 1.165) is 43.2 Å². The predicted molar refractivity (Wildman–Crippen MR) is 94.8 cm³/mol. The Bertz CT molecular complexity index is 791. The summed E-state index contributed by atoms with van der Waals surface area (Å²) in [6.07, 6.45) is 2.88. The summed E-state index contributed by atoms with van der Waals surface area (Å²) in [6, 6.07) is 5.76. The van der Waals surface area contributed by atoms with Crippen molar-refractivity contribution in [1.29, 1.82) is 0 Å². The van der Waals surface area contributed by atoms with Crippen molar-refractivity contribution in [1.82, 2.24) is 0 Å². The summed E-state index contributed by atoms with van der Waals surface area (Å²) in [6.45, 7) is 2.18. The summed E-state index contributed by atoms with van der Waals surface area (Å²) >= 11 is 0. The highest BCUT2D eigenvalue weighted by Crippen LogP contribution is 2.40. The van der Waals surface area contributed by atoms with Crippen molar-refractivity contribution in [2.24, 2.45) is 5.92 Å². The van der Waals surface area contributed by atoms with Gasteiger partial charge in [-0.3, -0.25) is 0 Å². The first kappa shape index (κ1) is 19.9. The SMILES string of the molecule is CCCC[C@H]1CC[C@H](c2ccc3c(F)c(OC(F)(F)F)c(F)cc3c2)CC1. The number of hydrogen-bond acceptors (Lipinski definition) is 1. The van der Waals surface area contributed by atoms with Crippen LogP contribution in [0.5, 0.6) is 5.75 Å². The third-order valence-corrected chi connectivity index (χ3v) is 5.51. The Morgan fingerprint density at radius 3 is 2.37 bits per heavy atom. The van der Waals surface area contributed by atoms with Crippen LogP contribution in [0.4, 0.5) is 22.0 Å². The van der Waals surface area contributed by atoms with Gasteiger partial charge >= 0.3 is 6.36 Å². The molecule has 0 amide bonds. The lowest BCUT2D eigenvalue weighted by Crippen LogP contribution is -2.19. The van der Waals surface area contributed by atoms with Crippen molar-refractivity contribution in [2.45, 2.75) is 64.1 Å². The molecule has 3 rings (SSSR count). The average molecular weight is 386 g/mol. The lowest BCUT2D eigenvalue weighted by atomic mass is 9.77. The number of fused-ring (bicyclic) bond motifs is 1. The first-order valence-electron chi connectivity index (χ1n) is 9.46. The molecular formula is C21H23F5O. The largest absolute Gasteiger partial charge is 0.573 e. The Labute approximate surface area is 155 Å². The summed E-state index contributed by atoms with van der Waals surface area (Å²) in [5, 5.41) is 0.182. The van der Waals surface area contributed by atoms with Crippen LogP contribution in [-0.4, -0.2) is 6.36 Å². The van der Waals surface area contributed by atoms with Gasteiger partial charge in [0.25, 0.3) is 0 Å². The second-order valence-electron chi connectivity index (χ2n) is 7.39. The molecule has 0 heterocycles. The van der Waals surface area contributed by atoms with Crippen LogP contribution in [-0.2, 0) is 0 Å². The van der Waals surface area contributed by atoms with Crippen LogP contribution in [0.2, 0.25) is 0 Å². The van der Waals surface area contributed by atoms with Crippen molar-refractivity contribution in [3.05, 3.63) is 41.5 Å². The number of alkyl halides is 3. The van der Waals surface area contributed by atoms with E-state index >= 15 is 0 Å². The Morgan fingerprint density at radius 1 is 1.04 bits per heavy atom. The number of unbranched alkanes of at least 4 members (excludes halogenated alkanes) is 1. The van der Waals surface area contributed by atoms with E-state index in [1.165, 1.54) is 25.3 Å². The van der Waals surface area contributed by atoms with Gasteiger partial charge in [-0.25, -0.2) is 8.78 Å². The maximum absolute atomic E-state index is 14.3. The van der Waals surface area contributed by atoms with Crippen LogP contribution in [0.15, 0.2) is 24.3 Å². The Morgan fingerprint density at radius 2 is 1.74 bits per heavy atom. The molecule has 0 unspecified atom stereocenters. The smallest absolute Gasteiger partial charge is 0.399 e. The van der Waals surface area contributed by atoms with Gasteiger partial charge in [0, 0.05) is 5.39 Å². The first-order chi connectivity index (χ1) is 12.8. The predicted octanol–water partition coefficient (Wildman–Crippen LogP) is 7.48. The molecule has 0 spiro atoms. The lowest BCUT2D eigenvalue weighted by molar-refractivity contribution is -0.276. The fraction of sp³-hybridized carbons (Fsp3) is 0.524. The molecule has 1 aliphatic rings. The molecule has 1 aliphatic carbocycles. The monoisotopic (exact) mass is 386 g/mol. The summed E-state index contributed by atoms with van der Waals surface area (Å²) < 4.78 is 68.9. The van der Waals surface area contributed by atoms with Crippen molar-refractivity contribution in [3.63, 3.8) is 0 Å². The second-order valence-corrected chi connectivity index (χ2v) is 7.39. The van der Waals surface area contributed by atoms with Crippen LogP contribution in [0, 0.1) is 17.6 Å². The van der Waals surface area contributed by atoms with Crippen LogP contribution in [0.1, 0.15) is 63.4 Å². The standard InChI is InChI=1S/C21H23F5O/c1-2-3-4-13-5-7-14(8-6-13)15-9-10-17-16(11-15)12-18(22)20(19(17)23)27-21(24,25)26/h9-14H,2-8H2,1H3/t13-,14-. The second kappa shape index (κ2) is 8.03. The molecule has 0 saturated heterocycles. The molecule has 0 radical (unpaired) electrons. The molecule has 0 bridgehead atoms. The fourth-order valence-corrected chi connectivity index (χ4v) is 4.07. The summed E-state index contributed by atoms with van der Waals surface area (Å²) in [5.41, 5.74) is 0.986. The van der Waals surface area contributed by atoms with Crippen molar-refractivity contribution in [2.75, 3.05) is 0 Å². The fourth-order valence-electron chi connectivity index (χ4n) is 4.07. The zero-order valence-electron chi connectivity index (χ0n) is 15.2. The minimum absolute atomic E-state index is 0.0731. The summed E-state index contributed by atoms with van der Waals surface area (Å²) in [7, 11) is 0. The molecule has 2 aromatic carbocycles. The van der Waals surface area contributed by atoms with Crippen molar-refractivity contribution < 1.29 is 26.7 Å². The molecule has 6 heteroatoms. The van der Waals surface area contributed by atoms with Crippen LogP contribution < -0.4 is 4.74 Å². The van der Waals surface area contributed by atoms with Gasteiger partial charge < -0.3 is 4.74 Å². The third kappa shape index (κ3) is 4.71. The molecule has 1 nitrogen and oxygen atoms in total. The van der Waals surface area contributed by atoms with E-state index in [0.29, 0.717) is 5.92 Å². The van der Waals surface area contributed by atoms with Gasteiger partial charge in [0.2, 0.25) is 5.75 Å². The summed E-state index contributed by atoms with van der Waals surface area (Å²) in [5.74, 6) is -3.00. The molecule has 27 heavy (non-hydrogen) atoms. The van der Waals surface area contributed by atoms with Crippen LogP contribution >= 0.6 is 0 Å². The quantitative estimate of drug-likeness (QED) is 0.484. The molecule has 0 aromatic heterocycles. The van der Waals surface area contributed by atoms with E-state index in [-0.39, 0.29) is 10.8 Å².